The van der Waals surface area contributed by atoms with Crippen LogP contribution in [-0.2, 0) is 9.59 Å². The molecule has 2 aromatic rings. The zero-order chi connectivity index (χ0) is 16.2. The first-order valence-corrected chi connectivity index (χ1v) is 8.57. The smallest absolute Gasteiger partial charge is 0.247 e. The van der Waals surface area contributed by atoms with Gasteiger partial charge in [-0.1, -0.05) is 25.0 Å². The van der Waals surface area contributed by atoms with Crippen molar-refractivity contribution in [1.29, 1.82) is 0 Å². The number of primary amides is 1. The van der Waals surface area contributed by atoms with E-state index in [1.807, 2.05) is 24.3 Å². The van der Waals surface area contributed by atoms with Gasteiger partial charge in [0, 0.05) is 12.1 Å². The third-order valence-electron chi connectivity index (χ3n) is 4.05. The third-order valence-corrected chi connectivity index (χ3v) is 5.06. The van der Waals surface area contributed by atoms with Crippen molar-refractivity contribution in [3.05, 3.63) is 35.3 Å². The molecule has 1 fully saturated rings. The van der Waals surface area contributed by atoms with Crippen LogP contribution in [0, 0.1) is 0 Å². The summed E-state index contributed by atoms with van der Waals surface area (Å²) in [7, 11) is 0. The maximum absolute atomic E-state index is 12.5. The lowest BCUT2D eigenvalue weighted by molar-refractivity contribution is -0.133. The zero-order valence-electron chi connectivity index (χ0n) is 12.8. The minimum atomic E-state index is -0.473. The fourth-order valence-electron chi connectivity index (χ4n) is 2.97. The van der Waals surface area contributed by atoms with Crippen molar-refractivity contribution >= 4 is 39.4 Å². The fraction of sp³-hybridized carbons (Fsp3) is 0.353. The van der Waals surface area contributed by atoms with Crippen molar-refractivity contribution in [3.63, 3.8) is 0 Å². The number of nitrogens with zero attached hydrogens (tertiary/aromatic N) is 2. The van der Waals surface area contributed by atoms with E-state index in [1.54, 1.807) is 11.0 Å². The van der Waals surface area contributed by atoms with Crippen LogP contribution in [0.2, 0.25) is 0 Å². The molecule has 5 nitrogen and oxygen atoms in total. The molecule has 3 rings (SSSR count). The Bertz CT molecular complexity index is 714. The van der Waals surface area contributed by atoms with Gasteiger partial charge in [0.15, 0.2) is 0 Å². The molecule has 120 valence electrons. The predicted molar refractivity (Wildman–Crippen MR) is 91.8 cm³/mol. The van der Waals surface area contributed by atoms with Crippen LogP contribution < -0.4 is 5.73 Å². The van der Waals surface area contributed by atoms with E-state index in [0.717, 1.165) is 40.9 Å². The van der Waals surface area contributed by atoms with E-state index in [2.05, 4.69) is 4.98 Å². The number of rotatable bonds is 5. The lowest BCUT2D eigenvalue weighted by Gasteiger charge is -2.26. The van der Waals surface area contributed by atoms with Crippen LogP contribution in [0.1, 0.15) is 30.7 Å². The second-order valence-electron chi connectivity index (χ2n) is 5.72. The number of nitrogens with two attached hydrogens (primary N) is 1. The number of thiazole rings is 1. The molecule has 1 saturated carbocycles. The van der Waals surface area contributed by atoms with Crippen molar-refractivity contribution < 1.29 is 9.59 Å². The van der Waals surface area contributed by atoms with Crippen LogP contribution in [0.5, 0.6) is 0 Å². The minimum absolute atomic E-state index is 0.0202. The zero-order valence-corrected chi connectivity index (χ0v) is 13.6. The summed E-state index contributed by atoms with van der Waals surface area (Å²) in [5.74, 6) is -0.645. The highest BCUT2D eigenvalue weighted by molar-refractivity contribution is 7.19. The quantitative estimate of drug-likeness (QED) is 0.857. The molecule has 0 aliphatic heterocycles. The number of carbonyl (C=O) groups is 2. The van der Waals surface area contributed by atoms with E-state index in [9.17, 15) is 9.59 Å². The Hall–Kier alpha value is -2.21. The van der Waals surface area contributed by atoms with Gasteiger partial charge in [0.2, 0.25) is 11.8 Å². The maximum atomic E-state index is 12.5. The number of fused-ring (bicyclic) bond motifs is 1. The number of hydrogen-bond donors (Lipinski definition) is 1. The van der Waals surface area contributed by atoms with Gasteiger partial charge in [-0.05, 0) is 31.1 Å². The van der Waals surface area contributed by atoms with Crippen LogP contribution in [0.15, 0.2) is 30.3 Å². The number of hydrogen-bond acceptors (Lipinski definition) is 4. The number of amides is 2. The molecular weight excluding hydrogens is 310 g/mol. The number of benzene rings is 1. The third kappa shape index (κ3) is 3.76. The Morgan fingerprint density at radius 2 is 2.04 bits per heavy atom. The average molecular weight is 329 g/mol. The molecule has 1 aromatic heterocycles. The van der Waals surface area contributed by atoms with Crippen molar-refractivity contribution in [2.45, 2.75) is 31.7 Å². The van der Waals surface area contributed by atoms with E-state index in [4.69, 9.17) is 5.73 Å². The highest BCUT2D eigenvalue weighted by Crippen LogP contribution is 2.25. The first kappa shape index (κ1) is 15.7. The number of para-hydroxylation sites is 1. The van der Waals surface area contributed by atoms with Gasteiger partial charge >= 0.3 is 0 Å². The summed E-state index contributed by atoms with van der Waals surface area (Å²) in [5, 5.41) is 0.782. The molecule has 0 saturated heterocycles. The monoisotopic (exact) mass is 329 g/mol. The summed E-state index contributed by atoms with van der Waals surface area (Å²) >= 11 is 1.54. The highest BCUT2D eigenvalue weighted by Gasteiger charge is 2.26. The standard InChI is InChI=1S/C17H19N3O2S/c18-15(21)11-20(12-5-1-2-6-12)17(22)10-9-16-19-13-7-3-4-8-14(13)23-16/h3-4,7-10,12H,1-2,5-6,11H2,(H2,18,21)/b10-9+. The summed E-state index contributed by atoms with van der Waals surface area (Å²) in [4.78, 5) is 29.8. The number of carbonyl (C=O) groups excluding carboxylic acids is 2. The summed E-state index contributed by atoms with van der Waals surface area (Å²) in [6.45, 7) is -0.0202. The van der Waals surface area contributed by atoms with Gasteiger partial charge in [-0.15, -0.1) is 11.3 Å². The highest BCUT2D eigenvalue weighted by atomic mass is 32.1. The van der Waals surface area contributed by atoms with Gasteiger partial charge < -0.3 is 10.6 Å². The molecule has 0 radical (unpaired) electrons. The topological polar surface area (TPSA) is 76.3 Å². The van der Waals surface area contributed by atoms with E-state index < -0.39 is 5.91 Å². The minimum Gasteiger partial charge on any atom is -0.368 e. The molecule has 23 heavy (non-hydrogen) atoms. The molecule has 2 amide bonds. The molecular formula is C17H19N3O2S. The van der Waals surface area contributed by atoms with Crippen molar-refractivity contribution in [2.75, 3.05) is 6.54 Å². The van der Waals surface area contributed by atoms with Crippen molar-refractivity contribution in [2.24, 2.45) is 5.73 Å². The summed E-state index contributed by atoms with van der Waals surface area (Å²) in [5.41, 5.74) is 6.22. The lowest BCUT2D eigenvalue weighted by Crippen LogP contribution is -2.43. The van der Waals surface area contributed by atoms with Crippen LogP contribution in [0.25, 0.3) is 16.3 Å². The van der Waals surface area contributed by atoms with Gasteiger partial charge in [0.1, 0.15) is 5.01 Å². The van der Waals surface area contributed by atoms with E-state index in [1.165, 1.54) is 17.4 Å². The second kappa shape index (κ2) is 6.91. The Labute approximate surface area is 138 Å². The molecule has 0 bridgehead atoms. The van der Waals surface area contributed by atoms with Crippen LogP contribution >= 0.6 is 11.3 Å². The van der Waals surface area contributed by atoms with Gasteiger partial charge in [0.25, 0.3) is 0 Å². The SMILES string of the molecule is NC(=O)CN(C(=O)/C=C/c1nc2ccccc2s1)C1CCCC1. The van der Waals surface area contributed by atoms with Gasteiger partial charge in [0.05, 0.1) is 16.8 Å². The molecule has 1 aliphatic carbocycles. The van der Waals surface area contributed by atoms with E-state index in [0.29, 0.717) is 0 Å². The van der Waals surface area contributed by atoms with Gasteiger partial charge in [-0.3, -0.25) is 9.59 Å². The first-order chi connectivity index (χ1) is 11.1. The first-order valence-electron chi connectivity index (χ1n) is 7.76. The van der Waals surface area contributed by atoms with Crippen molar-refractivity contribution in [1.82, 2.24) is 9.88 Å². The predicted octanol–water partition coefficient (Wildman–Crippen LogP) is 2.57. The van der Waals surface area contributed by atoms with Crippen LogP contribution in [0.4, 0.5) is 0 Å². The fourth-order valence-corrected chi connectivity index (χ4v) is 3.84. The molecule has 1 heterocycles. The second-order valence-corrected chi connectivity index (χ2v) is 6.79. The molecule has 2 N–H and O–H groups in total. The molecule has 0 unspecified atom stereocenters. The molecule has 1 aromatic carbocycles. The number of aromatic nitrogens is 1. The summed E-state index contributed by atoms with van der Waals surface area (Å²) < 4.78 is 1.09. The Balaban J connectivity index is 1.75. The van der Waals surface area contributed by atoms with Crippen LogP contribution in [0.3, 0.4) is 0 Å². The van der Waals surface area contributed by atoms with E-state index in [-0.39, 0.29) is 18.5 Å². The summed E-state index contributed by atoms with van der Waals surface area (Å²) in [6, 6.07) is 7.98. The molecule has 1 aliphatic rings. The Morgan fingerprint density at radius 1 is 1.30 bits per heavy atom. The molecule has 6 heteroatoms. The largest absolute Gasteiger partial charge is 0.368 e. The lowest BCUT2D eigenvalue weighted by atomic mass is 10.2. The molecule has 0 spiro atoms. The van der Waals surface area contributed by atoms with E-state index >= 15 is 0 Å². The normalized spacial score (nSPS) is 15.5. The van der Waals surface area contributed by atoms with Gasteiger partial charge in [-0.2, -0.15) is 0 Å². The van der Waals surface area contributed by atoms with Crippen molar-refractivity contribution in [3.8, 4) is 0 Å². The molecule has 0 atom stereocenters. The average Bonchev–Trinajstić information content (AvgIpc) is 3.18. The Kier molecular flexibility index (Phi) is 4.71. The maximum Gasteiger partial charge on any atom is 0.247 e. The Morgan fingerprint density at radius 3 is 2.74 bits per heavy atom. The van der Waals surface area contributed by atoms with Crippen LogP contribution in [-0.4, -0.2) is 34.3 Å². The summed E-state index contributed by atoms with van der Waals surface area (Å²) in [6.07, 6.45) is 7.28. The van der Waals surface area contributed by atoms with Gasteiger partial charge in [-0.25, -0.2) is 4.98 Å².